The number of nitrogens with one attached hydrogen (secondary N) is 1. The van der Waals surface area contributed by atoms with E-state index in [4.69, 9.17) is 4.74 Å². The first-order valence-corrected chi connectivity index (χ1v) is 11.2. The minimum Gasteiger partial charge on any atom is -0.497 e. The fraction of sp³-hybridized carbons (Fsp3) is 0.0345. The number of fused-ring (bicyclic) bond motifs is 1. The van der Waals surface area contributed by atoms with Crippen molar-refractivity contribution >= 4 is 34.3 Å². The molecule has 0 aliphatic rings. The van der Waals surface area contributed by atoms with Crippen molar-refractivity contribution in [2.45, 2.75) is 0 Å². The molecule has 1 amide bonds. The van der Waals surface area contributed by atoms with Gasteiger partial charge in [0.15, 0.2) is 11.6 Å². The molecule has 174 valence electrons. The molecule has 5 rings (SSSR count). The summed E-state index contributed by atoms with van der Waals surface area (Å²) in [6, 6.07) is 30.3. The zero-order valence-electron chi connectivity index (χ0n) is 19.4. The lowest BCUT2D eigenvalue weighted by Crippen LogP contribution is -2.17. The highest BCUT2D eigenvalue weighted by atomic mass is 16.5. The van der Waals surface area contributed by atoms with Crippen molar-refractivity contribution in [2.24, 2.45) is 0 Å². The molecule has 0 saturated heterocycles. The summed E-state index contributed by atoms with van der Waals surface area (Å²) < 4.78 is 6.71. The minimum absolute atomic E-state index is 0.232. The van der Waals surface area contributed by atoms with Crippen LogP contribution in [-0.2, 0) is 4.79 Å². The molecule has 7 heteroatoms. The van der Waals surface area contributed by atoms with Gasteiger partial charge < -0.3 is 10.1 Å². The van der Waals surface area contributed by atoms with Gasteiger partial charge in [0.25, 0.3) is 5.91 Å². The van der Waals surface area contributed by atoms with Gasteiger partial charge in [0.05, 0.1) is 18.8 Å². The van der Waals surface area contributed by atoms with Crippen LogP contribution in [0.5, 0.6) is 5.75 Å². The second-order valence-electron chi connectivity index (χ2n) is 7.94. The number of hydrogen-bond acceptors (Lipinski definition) is 5. The van der Waals surface area contributed by atoms with Crippen molar-refractivity contribution in [3.63, 3.8) is 0 Å². The van der Waals surface area contributed by atoms with E-state index in [0.29, 0.717) is 11.4 Å². The van der Waals surface area contributed by atoms with Crippen molar-refractivity contribution in [1.82, 2.24) is 14.8 Å². The molecule has 0 bridgehead atoms. The van der Waals surface area contributed by atoms with Crippen LogP contribution in [-0.4, -0.2) is 27.8 Å². The zero-order valence-corrected chi connectivity index (χ0v) is 19.4. The fourth-order valence-corrected chi connectivity index (χ4v) is 3.84. The van der Waals surface area contributed by atoms with Crippen molar-refractivity contribution in [3.05, 3.63) is 114 Å². The van der Waals surface area contributed by atoms with E-state index < -0.39 is 0 Å². The lowest BCUT2D eigenvalue weighted by atomic mass is 10.0. The topological polar surface area (TPSA) is 92.8 Å². The van der Waals surface area contributed by atoms with E-state index in [0.717, 1.165) is 27.8 Å². The molecule has 5 aromatic rings. The molecule has 0 atom stereocenters. The number of carbonyl (C=O) groups excluding carboxylic acids is 1. The highest BCUT2D eigenvalue weighted by Crippen LogP contribution is 2.25. The number of methoxy groups -OCH3 is 1. The average molecular weight is 472 g/mol. The second-order valence-corrected chi connectivity index (χ2v) is 7.94. The van der Waals surface area contributed by atoms with Gasteiger partial charge in [0.1, 0.15) is 17.4 Å². The van der Waals surface area contributed by atoms with Crippen LogP contribution in [0, 0.1) is 11.3 Å². The van der Waals surface area contributed by atoms with Crippen LogP contribution in [0.15, 0.2) is 97.2 Å². The number of hydrogen-bond donors (Lipinski definition) is 1. The molecule has 0 radical (unpaired) electrons. The van der Waals surface area contributed by atoms with Crippen LogP contribution in [0.3, 0.4) is 0 Å². The Balaban J connectivity index is 1.55. The molecule has 0 aliphatic heterocycles. The van der Waals surface area contributed by atoms with Gasteiger partial charge in [-0.15, -0.1) is 0 Å². The molecular formula is C29H21N5O2. The summed E-state index contributed by atoms with van der Waals surface area (Å²) in [5.74, 6) is 1.09. The molecule has 2 heterocycles. The Morgan fingerprint density at radius 3 is 2.47 bits per heavy atom. The smallest absolute Gasteiger partial charge is 0.257 e. The second kappa shape index (κ2) is 9.95. The Morgan fingerprint density at radius 2 is 1.72 bits per heavy atom. The Kier molecular flexibility index (Phi) is 6.24. The number of para-hydroxylation sites is 1. The normalized spacial score (nSPS) is 11.2. The van der Waals surface area contributed by atoms with Gasteiger partial charge in [-0.3, -0.25) is 4.79 Å². The molecule has 2 aromatic heterocycles. The third-order valence-corrected chi connectivity index (χ3v) is 5.68. The number of nitriles is 1. The number of rotatable bonds is 6. The molecular weight excluding hydrogens is 450 g/mol. The summed E-state index contributed by atoms with van der Waals surface area (Å²) >= 11 is 0. The van der Waals surface area contributed by atoms with Crippen molar-refractivity contribution in [3.8, 4) is 17.6 Å². The molecule has 0 spiro atoms. The van der Waals surface area contributed by atoms with Crippen LogP contribution in [0.25, 0.3) is 28.4 Å². The molecule has 0 fully saturated rings. The molecule has 7 nitrogen and oxygen atoms in total. The summed E-state index contributed by atoms with van der Waals surface area (Å²) in [6.45, 7) is 0. The molecule has 0 saturated carbocycles. The highest BCUT2D eigenvalue weighted by molar-refractivity contribution is 6.29. The summed E-state index contributed by atoms with van der Waals surface area (Å²) in [4.78, 5) is 18.3. The predicted molar refractivity (Wildman–Crippen MR) is 140 cm³/mol. The van der Waals surface area contributed by atoms with Crippen molar-refractivity contribution < 1.29 is 9.53 Å². The maximum Gasteiger partial charge on any atom is 0.257 e. The van der Waals surface area contributed by atoms with Crippen molar-refractivity contribution in [1.29, 1.82) is 5.26 Å². The first-order chi connectivity index (χ1) is 17.7. The minimum atomic E-state index is -0.379. The monoisotopic (exact) mass is 471 g/mol. The van der Waals surface area contributed by atoms with E-state index in [9.17, 15) is 10.1 Å². The maximum atomic E-state index is 13.6. The van der Waals surface area contributed by atoms with Crippen LogP contribution >= 0.6 is 0 Å². The van der Waals surface area contributed by atoms with E-state index in [1.807, 2.05) is 84.9 Å². The largest absolute Gasteiger partial charge is 0.497 e. The number of benzene rings is 3. The first kappa shape index (κ1) is 22.6. The Hall–Kier alpha value is -5.22. The van der Waals surface area contributed by atoms with Gasteiger partial charge in [0, 0.05) is 11.0 Å². The SMILES string of the molecule is COc1ccc(/C=C(/C(=O)Nc2c(C#N)cnn2-c2ccc3ccccc3n2)c2ccccc2)cc1. The number of aromatic nitrogens is 3. The van der Waals surface area contributed by atoms with Crippen LogP contribution in [0.2, 0.25) is 0 Å². The third kappa shape index (κ3) is 4.56. The van der Waals surface area contributed by atoms with Gasteiger partial charge in [-0.05, 0) is 47.5 Å². The van der Waals surface area contributed by atoms with E-state index in [-0.39, 0.29) is 17.3 Å². The summed E-state index contributed by atoms with van der Waals surface area (Å²) in [5.41, 5.74) is 3.01. The molecule has 3 aromatic carbocycles. The van der Waals surface area contributed by atoms with Crippen LogP contribution in [0.4, 0.5) is 5.82 Å². The number of anilines is 1. The molecule has 1 N–H and O–H groups in total. The van der Waals surface area contributed by atoms with Crippen LogP contribution in [0.1, 0.15) is 16.7 Å². The Labute approximate surface area is 207 Å². The third-order valence-electron chi connectivity index (χ3n) is 5.68. The standard InChI is InChI=1S/C29H21N5O2/c1-36-24-14-11-20(12-15-24)17-25(21-7-3-2-4-8-21)29(35)33-28-23(18-30)19-31-34(28)27-16-13-22-9-5-6-10-26(22)32-27/h2-17,19H,1H3,(H,33,35)/b25-17+. The van der Waals surface area contributed by atoms with E-state index >= 15 is 0 Å². The van der Waals surface area contributed by atoms with E-state index in [1.165, 1.54) is 10.9 Å². The molecule has 0 unspecified atom stereocenters. The number of carbonyl (C=O) groups is 1. The lowest BCUT2D eigenvalue weighted by Gasteiger charge is -2.12. The zero-order chi connectivity index (χ0) is 24.9. The Bertz CT molecular complexity index is 1610. The molecule has 0 aliphatic carbocycles. The number of pyridine rings is 1. The summed E-state index contributed by atoms with van der Waals surface area (Å²) in [6.07, 6.45) is 3.22. The maximum absolute atomic E-state index is 13.6. The van der Waals surface area contributed by atoms with E-state index in [1.54, 1.807) is 19.3 Å². The van der Waals surface area contributed by atoms with Gasteiger partial charge in [-0.1, -0.05) is 60.7 Å². The van der Waals surface area contributed by atoms with E-state index in [2.05, 4.69) is 21.5 Å². The van der Waals surface area contributed by atoms with Gasteiger partial charge in [-0.2, -0.15) is 15.0 Å². The predicted octanol–water partition coefficient (Wildman–Crippen LogP) is 5.48. The number of ether oxygens (including phenoxy) is 1. The number of nitrogens with zero attached hydrogens (tertiary/aromatic N) is 4. The lowest BCUT2D eigenvalue weighted by molar-refractivity contribution is -0.111. The average Bonchev–Trinajstić information content (AvgIpc) is 3.34. The number of amides is 1. The van der Waals surface area contributed by atoms with Gasteiger partial charge >= 0.3 is 0 Å². The summed E-state index contributed by atoms with van der Waals surface area (Å²) in [7, 11) is 1.61. The summed E-state index contributed by atoms with van der Waals surface area (Å²) in [5, 5.41) is 17.9. The fourth-order valence-electron chi connectivity index (χ4n) is 3.84. The van der Waals surface area contributed by atoms with Gasteiger partial charge in [0.2, 0.25) is 0 Å². The van der Waals surface area contributed by atoms with Crippen LogP contribution < -0.4 is 10.1 Å². The van der Waals surface area contributed by atoms with Crippen molar-refractivity contribution in [2.75, 3.05) is 12.4 Å². The first-order valence-electron chi connectivity index (χ1n) is 11.2. The quantitative estimate of drug-likeness (QED) is 0.261. The molecule has 36 heavy (non-hydrogen) atoms. The van der Waals surface area contributed by atoms with Gasteiger partial charge in [-0.25, -0.2) is 4.98 Å². The highest BCUT2D eigenvalue weighted by Gasteiger charge is 2.19. The Morgan fingerprint density at radius 1 is 0.972 bits per heavy atom.